The number of rotatable bonds is 11. The monoisotopic (exact) mass is 382 g/mol. The van der Waals surface area contributed by atoms with Crippen LogP contribution >= 0.6 is 0 Å². The lowest BCUT2D eigenvalue weighted by Crippen LogP contribution is -3.06. The third kappa shape index (κ3) is 6.70. The molecule has 0 saturated carbocycles. The highest BCUT2D eigenvalue weighted by atomic mass is 16.1. The number of ketones is 2. The van der Waals surface area contributed by atoms with Crippen molar-refractivity contribution in [3.63, 3.8) is 0 Å². The Bertz CT molecular complexity index is 676. The van der Waals surface area contributed by atoms with Crippen molar-refractivity contribution < 1.29 is 19.4 Å². The molecule has 0 saturated heterocycles. The van der Waals surface area contributed by atoms with Crippen LogP contribution in [-0.2, 0) is 0 Å². The Balaban J connectivity index is 2.14. The van der Waals surface area contributed by atoms with Crippen LogP contribution in [0.1, 0.15) is 33.6 Å². The number of hydrogen-bond acceptors (Lipinski definition) is 2. The zero-order valence-electron chi connectivity index (χ0n) is 17.6. The summed E-state index contributed by atoms with van der Waals surface area (Å²) in [6.45, 7) is 1.55. The molecular weight excluding hydrogens is 348 g/mol. The van der Waals surface area contributed by atoms with Crippen LogP contribution in [0.5, 0.6) is 0 Å². The SMILES string of the molecule is C[NH+](C)C[C@@H](CC[C@@H](C[NH+](C)C)C(=O)c1ccccc1)C(=O)c1ccccc1. The van der Waals surface area contributed by atoms with Gasteiger partial charge in [-0.1, -0.05) is 60.7 Å². The molecule has 0 radical (unpaired) electrons. The van der Waals surface area contributed by atoms with E-state index in [1.54, 1.807) is 0 Å². The number of Topliss-reactive ketones (excluding diaryl/α,β-unsaturated/α-hetero) is 2. The summed E-state index contributed by atoms with van der Waals surface area (Å²) >= 11 is 0. The molecule has 2 rings (SSSR count). The molecule has 2 aromatic carbocycles. The van der Waals surface area contributed by atoms with Crippen molar-refractivity contribution in [2.75, 3.05) is 41.3 Å². The van der Waals surface area contributed by atoms with Crippen molar-refractivity contribution in [3.8, 4) is 0 Å². The smallest absolute Gasteiger partial charge is 0.171 e. The minimum atomic E-state index is -0.0735. The fraction of sp³-hybridized carbons (Fsp3) is 0.417. The number of quaternary nitrogens is 2. The average molecular weight is 383 g/mol. The minimum Gasteiger partial charge on any atom is -0.339 e. The van der Waals surface area contributed by atoms with E-state index in [9.17, 15) is 9.59 Å². The van der Waals surface area contributed by atoms with E-state index in [0.717, 1.165) is 37.1 Å². The van der Waals surface area contributed by atoms with Crippen LogP contribution in [-0.4, -0.2) is 52.8 Å². The predicted octanol–water partition coefficient (Wildman–Crippen LogP) is 1.05. The van der Waals surface area contributed by atoms with Gasteiger partial charge in [0.05, 0.1) is 53.1 Å². The summed E-state index contributed by atoms with van der Waals surface area (Å²) in [5.41, 5.74) is 1.52. The first kappa shape index (κ1) is 22.0. The summed E-state index contributed by atoms with van der Waals surface area (Å²) in [5.74, 6) is 0.223. The van der Waals surface area contributed by atoms with E-state index in [-0.39, 0.29) is 23.4 Å². The van der Waals surface area contributed by atoms with Gasteiger partial charge in [0.1, 0.15) is 0 Å². The highest BCUT2D eigenvalue weighted by Crippen LogP contribution is 2.19. The van der Waals surface area contributed by atoms with Gasteiger partial charge in [-0.05, 0) is 12.8 Å². The van der Waals surface area contributed by atoms with Crippen molar-refractivity contribution in [2.45, 2.75) is 12.8 Å². The third-order valence-corrected chi connectivity index (χ3v) is 5.03. The Hall–Kier alpha value is -2.30. The first-order chi connectivity index (χ1) is 13.4. The van der Waals surface area contributed by atoms with Gasteiger partial charge in [0.15, 0.2) is 11.6 Å². The highest BCUT2D eigenvalue weighted by Gasteiger charge is 2.28. The normalized spacial score (nSPS) is 13.5. The predicted molar refractivity (Wildman–Crippen MR) is 113 cm³/mol. The summed E-state index contributed by atoms with van der Waals surface area (Å²) in [6, 6.07) is 19.0. The van der Waals surface area contributed by atoms with Gasteiger partial charge in [-0.2, -0.15) is 0 Å². The molecule has 0 aliphatic carbocycles. The standard InChI is InChI=1S/C24H32N2O2/c1-25(2)17-21(23(27)19-11-7-5-8-12-19)15-16-22(18-26(3)4)24(28)20-13-9-6-10-14-20/h5-14,21-22H,15-18H2,1-4H3/p+2/t21-,22+. The molecular formula is C24H34N2O2+2. The summed E-state index contributed by atoms with van der Waals surface area (Å²) in [7, 11) is 8.29. The zero-order valence-corrected chi connectivity index (χ0v) is 17.6. The van der Waals surface area contributed by atoms with Crippen molar-refractivity contribution in [2.24, 2.45) is 11.8 Å². The molecule has 0 spiro atoms. The second kappa shape index (κ2) is 10.9. The summed E-state index contributed by atoms with van der Waals surface area (Å²) in [6.07, 6.45) is 1.46. The molecule has 28 heavy (non-hydrogen) atoms. The van der Waals surface area contributed by atoms with Crippen LogP contribution in [0.15, 0.2) is 60.7 Å². The number of nitrogens with one attached hydrogen (secondary N) is 2. The maximum absolute atomic E-state index is 13.1. The molecule has 150 valence electrons. The first-order valence-electron chi connectivity index (χ1n) is 10.1. The van der Waals surface area contributed by atoms with Gasteiger partial charge in [-0.25, -0.2) is 0 Å². The van der Waals surface area contributed by atoms with E-state index < -0.39 is 0 Å². The second-order valence-corrected chi connectivity index (χ2v) is 8.25. The lowest BCUT2D eigenvalue weighted by molar-refractivity contribution is -0.861. The van der Waals surface area contributed by atoms with Gasteiger partial charge in [0.2, 0.25) is 0 Å². The number of carbonyl (C=O) groups is 2. The molecule has 0 aliphatic heterocycles. The van der Waals surface area contributed by atoms with Gasteiger partial charge < -0.3 is 9.80 Å². The molecule has 0 aromatic heterocycles. The van der Waals surface area contributed by atoms with E-state index in [1.807, 2.05) is 60.7 Å². The Morgan fingerprint density at radius 3 is 1.25 bits per heavy atom. The number of carbonyl (C=O) groups excluding carboxylic acids is 2. The Kier molecular flexibility index (Phi) is 8.55. The molecule has 4 nitrogen and oxygen atoms in total. The fourth-order valence-electron chi connectivity index (χ4n) is 3.72. The van der Waals surface area contributed by atoms with Crippen molar-refractivity contribution in [3.05, 3.63) is 71.8 Å². The first-order valence-corrected chi connectivity index (χ1v) is 10.1. The van der Waals surface area contributed by atoms with Crippen LogP contribution in [0.3, 0.4) is 0 Å². The van der Waals surface area contributed by atoms with Crippen LogP contribution in [0, 0.1) is 11.8 Å². The molecule has 0 aliphatic rings. The average Bonchev–Trinajstić information content (AvgIpc) is 2.69. The van der Waals surface area contributed by atoms with Crippen molar-refractivity contribution in [1.29, 1.82) is 0 Å². The van der Waals surface area contributed by atoms with E-state index >= 15 is 0 Å². The molecule has 0 amide bonds. The molecule has 0 fully saturated rings. The quantitative estimate of drug-likeness (QED) is 0.571. The van der Waals surface area contributed by atoms with Gasteiger partial charge in [0.25, 0.3) is 0 Å². The van der Waals surface area contributed by atoms with Crippen LogP contribution in [0.2, 0.25) is 0 Å². The molecule has 2 N–H and O–H groups in total. The van der Waals surface area contributed by atoms with E-state index in [4.69, 9.17) is 0 Å². The summed E-state index contributed by atoms with van der Waals surface area (Å²) < 4.78 is 0. The van der Waals surface area contributed by atoms with Gasteiger partial charge in [0, 0.05) is 11.1 Å². The maximum Gasteiger partial charge on any atom is 0.171 e. The minimum absolute atomic E-state index is 0.0735. The highest BCUT2D eigenvalue weighted by molar-refractivity contribution is 5.99. The van der Waals surface area contributed by atoms with Crippen LogP contribution < -0.4 is 9.80 Å². The molecule has 0 unspecified atom stereocenters. The molecule has 4 heteroatoms. The fourth-order valence-corrected chi connectivity index (χ4v) is 3.72. The summed E-state index contributed by atoms with van der Waals surface area (Å²) in [5, 5.41) is 0. The van der Waals surface area contributed by atoms with Crippen molar-refractivity contribution in [1.82, 2.24) is 0 Å². The zero-order chi connectivity index (χ0) is 20.5. The molecule has 2 aromatic rings. The lowest BCUT2D eigenvalue weighted by Gasteiger charge is -2.22. The van der Waals surface area contributed by atoms with Crippen LogP contribution in [0.4, 0.5) is 0 Å². The number of benzene rings is 2. The Morgan fingerprint density at radius 1 is 0.643 bits per heavy atom. The van der Waals surface area contributed by atoms with Crippen molar-refractivity contribution >= 4 is 11.6 Å². The largest absolute Gasteiger partial charge is 0.339 e. The third-order valence-electron chi connectivity index (χ3n) is 5.03. The Labute approximate surface area is 169 Å². The number of hydrogen-bond donors (Lipinski definition) is 2. The summed E-state index contributed by atoms with van der Waals surface area (Å²) in [4.78, 5) is 28.6. The lowest BCUT2D eigenvalue weighted by atomic mass is 9.86. The molecule has 0 heterocycles. The van der Waals surface area contributed by atoms with Gasteiger partial charge >= 0.3 is 0 Å². The second-order valence-electron chi connectivity index (χ2n) is 8.25. The maximum atomic E-state index is 13.1. The topological polar surface area (TPSA) is 43.0 Å². The van der Waals surface area contributed by atoms with E-state index in [2.05, 4.69) is 28.2 Å². The molecule has 0 bridgehead atoms. The van der Waals surface area contributed by atoms with Crippen LogP contribution in [0.25, 0.3) is 0 Å². The van der Waals surface area contributed by atoms with E-state index in [1.165, 1.54) is 9.80 Å². The Morgan fingerprint density at radius 2 is 0.964 bits per heavy atom. The van der Waals surface area contributed by atoms with E-state index in [0.29, 0.717) is 0 Å². The molecule has 2 atom stereocenters. The van der Waals surface area contributed by atoms with Gasteiger partial charge in [-0.3, -0.25) is 9.59 Å². The van der Waals surface area contributed by atoms with Gasteiger partial charge in [-0.15, -0.1) is 0 Å².